The highest BCUT2D eigenvalue weighted by molar-refractivity contribution is 4.20. The van der Waals surface area contributed by atoms with Crippen LogP contribution in [0.2, 0.25) is 0 Å². The molecule has 0 aromatic carbocycles. The molecule has 0 aliphatic carbocycles. The van der Waals surface area contributed by atoms with Gasteiger partial charge in [0, 0.05) is 6.54 Å². The third kappa shape index (κ3) is 5.12. The van der Waals surface area contributed by atoms with Crippen molar-refractivity contribution < 1.29 is 15.0 Å². The summed E-state index contributed by atoms with van der Waals surface area (Å²) in [5.41, 5.74) is 4.89. The van der Waals surface area contributed by atoms with Gasteiger partial charge in [-0.25, -0.2) is 0 Å². The molecule has 0 spiro atoms. The average molecular weight is 122 g/mol. The van der Waals surface area contributed by atoms with Crippen LogP contribution in [0, 0.1) is 10.1 Å². The molecular weight excluding hydrogens is 116 g/mol. The normalized spacial score (nSPS) is 8.62. The quantitative estimate of drug-likeness (QED) is 0.225. The summed E-state index contributed by atoms with van der Waals surface area (Å²) in [4.78, 5) is 16.6. The van der Waals surface area contributed by atoms with Gasteiger partial charge in [-0.3, -0.25) is 0 Å². The van der Waals surface area contributed by atoms with Crippen molar-refractivity contribution in [3.8, 4) is 0 Å². The predicted octanol–water partition coefficient (Wildman–Crippen LogP) is -0.915. The van der Waals surface area contributed by atoms with Gasteiger partial charge in [-0.2, -0.15) is 4.89 Å². The fourth-order valence-corrected chi connectivity index (χ4v) is 0.128. The van der Waals surface area contributed by atoms with Crippen LogP contribution in [-0.2, 0) is 9.88 Å². The van der Waals surface area contributed by atoms with E-state index >= 15 is 0 Å². The molecule has 0 fully saturated rings. The smallest absolute Gasteiger partial charge is 0.322 e. The summed E-state index contributed by atoms with van der Waals surface area (Å²) in [5, 5.41) is 8.25. The zero-order chi connectivity index (χ0) is 6.41. The molecule has 6 heteroatoms. The Hall–Kier alpha value is -0.880. The van der Waals surface area contributed by atoms with E-state index in [4.69, 9.17) is 5.73 Å². The highest BCUT2D eigenvalue weighted by Gasteiger charge is 1.90. The Balaban J connectivity index is 2.82. The topological polar surface area (TPSA) is 87.6 Å². The largest absolute Gasteiger partial charge is 0.328 e. The number of hydrogen-bond acceptors (Lipinski definition) is 5. The summed E-state index contributed by atoms with van der Waals surface area (Å²) < 4.78 is 0. The van der Waals surface area contributed by atoms with E-state index in [1.165, 1.54) is 0 Å². The van der Waals surface area contributed by atoms with Crippen LogP contribution in [0.4, 0.5) is 0 Å². The number of nitrogens with zero attached hydrogens (tertiary/aromatic N) is 1. The van der Waals surface area contributed by atoms with E-state index in [0.29, 0.717) is 0 Å². The minimum Gasteiger partial charge on any atom is -0.328 e. The van der Waals surface area contributed by atoms with Crippen LogP contribution in [0.5, 0.6) is 0 Å². The Morgan fingerprint density at radius 2 is 2.38 bits per heavy atom. The van der Waals surface area contributed by atoms with Gasteiger partial charge in [0.1, 0.15) is 0 Å². The maximum absolute atomic E-state index is 9.29. The van der Waals surface area contributed by atoms with Crippen molar-refractivity contribution in [2.24, 2.45) is 5.73 Å². The first-order valence-corrected chi connectivity index (χ1v) is 1.91. The Morgan fingerprint density at radius 1 is 1.75 bits per heavy atom. The van der Waals surface area contributed by atoms with Crippen LogP contribution in [-0.4, -0.2) is 18.2 Å². The van der Waals surface area contributed by atoms with E-state index in [1.807, 2.05) is 0 Å². The first-order valence-electron chi connectivity index (χ1n) is 1.91. The Bertz CT molecular complexity index is 74.4. The summed E-state index contributed by atoms with van der Waals surface area (Å²) in [7, 11) is 0. The number of rotatable bonds is 4. The Kier molecular flexibility index (Phi) is 3.81. The fraction of sp³-hybridized carbons (Fsp3) is 1.00. The third-order valence-corrected chi connectivity index (χ3v) is 0.315. The first kappa shape index (κ1) is 7.12. The predicted molar refractivity (Wildman–Crippen MR) is 23.1 cm³/mol. The molecule has 0 rings (SSSR count). The van der Waals surface area contributed by atoms with Crippen LogP contribution < -0.4 is 5.73 Å². The zero-order valence-corrected chi connectivity index (χ0v) is 4.07. The molecule has 48 valence electrons. The van der Waals surface area contributed by atoms with E-state index in [1.54, 1.807) is 0 Å². The van der Waals surface area contributed by atoms with Gasteiger partial charge in [0.2, 0.25) is 0 Å². The van der Waals surface area contributed by atoms with Gasteiger partial charge in [0.25, 0.3) is 0 Å². The molecule has 0 amide bonds. The molecule has 0 aliphatic rings. The fourth-order valence-electron chi connectivity index (χ4n) is 0.128. The Labute approximate surface area is 45.2 Å². The van der Waals surface area contributed by atoms with E-state index in [9.17, 15) is 10.1 Å². The first-order chi connectivity index (χ1) is 3.77. The molecule has 6 nitrogen and oxygen atoms in total. The van der Waals surface area contributed by atoms with Gasteiger partial charge < -0.3 is 5.73 Å². The molecular formula is C2H6N2O4. The van der Waals surface area contributed by atoms with Gasteiger partial charge in [-0.1, -0.05) is 0 Å². The maximum Gasteiger partial charge on any atom is 0.322 e. The van der Waals surface area contributed by atoms with Gasteiger partial charge in [-0.05, 0) is 0 Å². The van der Waals surface area contributed by atoms with Gasteiger partial charge >= 0.3 is 5.09 Å². The molecule has 8 heavy (non-hydrogen) atoms. The molecule has 2 N–H and O–H groups in total. The van der Waals surface area contributed by atoms with Crippen LogP contribution in [0.3, 0.4) is 0 Å². The van der Waals surface area contributed by atoms with Crippen molar-refractivity contribution in [2.45, 2.75) is 0 Å². The maximum atomic E-state index is 9.29. The number of nitrogens with two attached hydrogens (primary N) is 1. The average Bonchev–Trinajstić information content (AvgIpc) is 1.66. The van der Waals surface area contributed by atoms with Gasteiger partial charge in [0.05, 0.1) is 6.61 Å². The molecule has 0 saturated carbocycles. The van der Waals surface area contributed by atoms with Gasteiger partial charge in [-0.15, -0.1) is 15.1 Å². The molecule has 0 bridgehead atoms. The van der Waals surface area contributed by atoms with Crippen LogP contribution in [0.25, 0.3) is 0 Å². The lowest BCUT2D eigenvalue weighted by Crippen LogP contribution is -2.11. The molecule has 0 atom stereocenters. The molecule has 0 unspecified atom stereocenters. The van der Waals surface area contributed by atoms with E-state index < -0.39 is 5.09 Å². The molecule has 0 heterocycles. The second-order valence-corrected chi connectivity index (χ2v) is 0.909. The van der Waals surface area contributed by atoms with Crippen molar-refractivity contribution in [2.75, 3.05) is 13.2 Å². The Morgan fingerprint density at radius 3 is 2.75 bits per heavy atom. The second kappa shape index (κ2) is 4.28. The minimum absolute atomic E-state index is 0.0288. The van der Waals surface area contributed by atoms with Crippen LogP contribution in [0.15, 0.2) is 0 Å². The molecule has 0 radical (unpaired) electrons. The highest BCUT2D eigenvalue weighted by Crippen LogP contribution is 1.74. The van der Waals surface area contributed by atoms with E-state index in [2.05, 4.69) is 9.88 Å². The lowest BCUT2D eigenvalue weighted by molar-refractivity contribution is -0.850. The SMILES string of the molecule is NCCOO[N+](=O)[O-]. The van der Waals surface area contributed by atoms with Crippen molar-refractivity contribution in [3.05, 3.63) is 10.1 Å². The minimum atomic E-state index is -1.05. The zero-order valence-electron chi connectivity index (χ0n) is 4.07. The van der Waals surface area contributed by atoms with Crippen molar-refractivity contribution in [3.63, 3.8) is 0 Å². The summed E-state index contributed by atoms with van der Waals surface area (Å²) >= 11 is 0. The van der Waals surface area contributed by atoms with E-state index in [0.717, 1.165) is 0 Å². The monoisotopic (exact) mass is 122 g/mol. The number of hydrogen-bond donors (Lipinski definition) is 1. The molecule has 0 aliphatic heterocycles. The third-order valence-electron chi connectivity index (χ3n) is 0.315. The summed E-state index contributed by atoms with van der Waals surface area (Å²) in [5.74, 6) is 0. The molecule has 0 aromatic heterocycles. The van der Waals surface area contributed by atoms with Crippen molar-refractivity contribution in [1.29, 1.82) is 0 Å². The van der Waals surface area contributed by atoms with Gasteiger partial charge in [0.15, 0.2) is 0 Å². The summed E-state index contributed by atoms with van der Waals surface area (Å²) in [6.45, 7) is 0.231. The highest BCUT2D eigenvalue weighted by atomic mass is 17.3. The summed E-state index contributed by atoms with van der Waals surface area (Å²) in [6.07, 6.45) is 0. The van der Waals surface area contributed by atoms with Crippen molar-refractivity contribution in [1.82, 2.24) is 0 Å². The standard InChI is InChI=1S/C2H6N2O4/c3-1-2-7-8-4(5)6/h1-3H2. The second-order valence-electron chi connectivity index (χ2n) is 0.909. The summed E-state index contributed by atoms with van der Waals surface area (Å²) in [6, 6.07) is 0. The van der Waals surface area contributed by atoms with E-state index in [-0.39, 0.29) is 13.2 Å². The van der Waals surface area contributed by atoms with Crippen molar-refractivity contribution >= 4 is 0 Å². The van der Waals surface area contributed by atoms with Crippen LogP contribution >= 0.6 is 0 Å². The molecule has 0 saturated heterocycles. The molecule has 0 aromatic rings. The van der Waals surface area contributed by atoms with Crippen LogP contribution in [0.1, 0.15) is 0 Å². The lowest BCUT2D eigenvalue weighted by atomic mass is 10.8. The lowest BCUT2D eigenvalue weighted by Gasteiger charge is -1.92.